The second kappa shape index (κ2) is 7.31. The maximum atomic E-state index is 12.3. The molecule has 0 aliphatic carbocycles. The van der Waals surface area contributed by atoms with Crippen LogP contribution in [-0.2, 0) is 4.79 Å². The van der Waals surface area contributed by atoms with E-state index in [2.05, 4.69) is 4.90 Å². The Bertz CT molecular complexity index is 476. The Hall–Kier alpha value is -1.75. The van der Waals surface area contributed by atoms with Gasteiger partial charge in [-0.1, -0.05) is 6.07 Å². The molecule has 2 rings (SSSR count). The molecule has 1 aromatic carbocycles. The molecule has 0 bridgehead atoms. The average Bonchev–Trinajstić information content (AvgIpc) is 2.86. The lowest BCUT2D eigenvalue weighted by Crippen LogP contribution is -2.41. The van der Waals surface area contributed by atoms with Crippen LogP contribution in [0.2, 0.25) is 0 Å². The second-order valence-electron chi connectivity index (χ2n) is 5.82. The summed E-state index contributed by atoms with van der Waals surface area (Å²) in [7, 11) is 4.09. The molecule has 0 saturated carbocycles. The minimum Gasteiger partial charge on any atom is -0.493 e. The number of rotatable bonds is 6. The van der Waals surface area contributed by atoms with E-state index in [1.165, 1.54) is 0 Å². The monoisotopic (exact) mass is 291 g/mol. The van der Waals surface area contributed by atoms with Gasteiger partial charge in [0.1, 0.15) is 5.75 Å². The van der Waals surface area contributed by atoms with Gasteiger partial charge in [0.2, 0.25) is 5.91 Å². The van der Waals surface area contributed by atoms with E-state index in [4.69, 9.17) is 10.5 Å². The molecule has 1 unspecified atom stereocenters. The van der Waals surface area contributed by atoms with Crippen LogP contribution in [0.3, 0.4) is 0 Å². The number of hydrogen-bond donors (Lipinski definition) is 1. The van der Waals surface area contributed by atoms with Crippen molar-refractivity contribution in [1.82, 2.24) is 9.80 Å². The highest BCUT2D eigenvalue weighted by Crippen LogP contribution is 2.19. The first kappa shape index (κ1) is 15.6. The Labute approximate surface area is 126 Å². The summed E-state index contributed by atoms with van der Waals surface area (Å²) in [4.78, 5) is 16.4. The first-order valence-electron chi connectivity index (χ1n) is 7.49. The van der Waals surface area contributed by atoms with E-state index in [9.17, 15) is 4.79 Å². The molecule has 1 aromatic rings. The number of likely N-dealkylation sites (tertiary alicyclic amines) is 1. The summed E-state index contributed by atoms with van der Waals surface area (Å²) in [5, 5.41) is 0. The lowest BCUT2D eigenvalue weighted by molar-refractivity contribution is -0.132. The van der Waals surface area contributed by atoms with Crippen molar-refractivity contribution in [2.45, 2.75) is 25.3 Å². The summed E-state index contributed by atoms with van der Waals surface area (Å²) in [5.74, 6) is 0.900. The Morgan fingerprint density at radius 1 is 1.48 bits per heavy atom. The zero-order valence-corrected chi connectivity index (χ0v) is 12.9. The van der Waals surface area contributed by atoms with E-state index < -0.39 is 0 Å². The lowest BCUT2D eigenvalue weighted by Gasteiger charge is -2.27. The van der Waals surface area contributed by atoms with E-state index in [1.807, 2.05) is 37.2 Å². The number of anilines is 1. The van der Waals surface area contributed by atoms with Crippen molar-refractivity contribution in [3.05, 3.63) is 24.3 Å². The van der Waals surface area contributed by atoms with Gasteiger partial charge >= 0.3 is 0 Å². The molecule has 0 aromatic heterocycles. The molecule has 1 atom stereocenters. The second-order valence-corrected chi connectivity index (χ2v) is 5.82. The normalized spacial score (nSPS) is 18.2. The maximum absolute atomic E-state index is 12.3. The summed E-state index contributed by atoms with van der Waals surface area (Å²) in [6.45, 7) is 2.20. The maximum Gasteiger partial charge on any atom is 0.226 e. The predicted octanol–water partition coefficient (Wildman–Crippen LogP) is 1.59. The van der Waals surface area contributed by atoms with E-state index in [1.54, 1.807) is 6.07 Å². The van der Waals surface area contributed by atoms with Crippen LogP contribution >= 0.6 is 0 Å². The van der Waals surface area contributed by atoms with Crippen molar-refractivity contribution in [1.29, 1.82) is 0 Å². The Morgan fingerprint density at radius 3 is 3.00 bits per heavy atom. The third-order valence-electron chi connectivity index (χ3n) is 3.72. The topological polar surface area (TPSA) is 58.8 Å². The van der Waals surface area contributed by atoms with Gasteiger partial charge in [-0.2, -0.15) is 0 Å². The number of nitrogen functional groups attached to an aromatic ring is 1. The van der Waals surface area contributed by atoms with Gasteiger partial charge in [-0.3, -0.25) is 4.79 Å². The molecule has 1 aliphatic rings. The highest BCUT2D eigenvalue weighted by molar-refractivity contribution is 5.77. The zero-order chi connectivity index (χ0) is 15.2. The van der Waals surface area contributed by atoms with Crippen LogP contribution in [0.15, 0.2) is 24.3 Å². The van der Waals surface area contributed by atoms with Gasteiger partial charge < -0.3 is 20.3 Å². The van der Waals surface area contributed by atoms with Gasteiger partial charge in [0.25, 0.3) is 0 Å². The number of nitrogens with two attached hydrogens (primary N) is 1. The van der Waals surface area contributed by atoms with Gasteiger partial charge in [-0.25, -0.2) is 0 Å². The number of benzene rings is 1. The number of amides is 1. The summed E-state index contributed by atoms with van der Waals surface area (Å²) in [6, 6.07) is 7.63. The molecular weight excluding hydrogens is 266 g/mol. The SMILES string of the molecule is CN(C)CC1CCCN1C(=O)CCOc1cccc(N)c1. The Balaban J connectivity index is 1.78. The molecular formula is C16H25N3O2. The number of hydrogen-bond acceptors (Lipinski definition) is 4. The quantitative estimate of drug-likeness (QED) is 0.809. The van der Waals surface area contributed by atoms with Gasteiger partial charge in [0, 0.05) is 30.9 Å². The molecule has 1 amide bonds. The van der Waals surface area contributed by atoms with E-state index >= 15 is 0 Å². The molecule has 5 heteroatoms. The molecule has 1 aliphatic heterocycles. The van der Waals surface area contributed by atoms with Crippen molar-refractivity contribution in [3.8, 4) is 5.75 Å². The molecule has 0 spiro atoms. The van der Waals surface area contributed by atoms with Crippen LogP contribution in [-0.4, -0.2) is 55.5 Å². The largest absolute Gasteiger partial charge is 0.493 e. The molecule has 0 radical (unpaired) electrons. The third-order valence-corrected chi connectivity index (χ3v) is 3.72. The van der Waals surface area contributed by atoms with E-state index in [0.29, 0.717) is 30.5 Å². The fourth-order valence-corrected chi connectivity index (χ4v) is 2.78. The van der Waals surface area contributed by atoms with Crippen molar-refractivity contribution in [2.75, 3.05) is 39.5 Å². The minimum atomic E-state index is 0.184. The fraction of sp³-hybridized carbons (Fsp3) is 0.562. The van der Waals surface area contributed by atoms with Crippen molar-refractivity contribution >= 4 is 11.6 Å². The molecule has 2 N–H and O–H groups in total. The molecule has 1 fully saturated rings. The van der Waals surface area contributed by atoms with Gasteiger partial charge in [0.15, 0.2) is 0 Å². The van der Waals surface area contributed by atoms with Crippen LogP contribution in [0.4, 0.5) is 5.69 Å². The van der Waals surface area contributed by atoms with E-state index in [-0.39, 0.29) is 5.91 Å². The predicted molar refractivity (Wildman–Crippen MR) is 84.3 cm³/mol. The van der Waals surface area contributed by atoms with E-state index in [0.717, 1.165) is 25.9 Å². The molecule has 1 heterocycles. The van der Waals surface area contributed by atoms with Gasteiger partial charge in [-0.15, -0.1) is 0 Å². The first-order valence-corrected chi connectivity index (χ1v) is 7.49. The van der Waals surface area contributed by atoms with Gasteiger partial charge in [0.05, 0.1) is 13.0 Å². The number of ether oxygens (including phenoxy) is 1. The number of likely N-dealkylation sites (N-methyl/N-ethyl adjacent to an activating group) is 1. The molecule has 5 nitrogen and oxygen atoms in total. The fourth-order valence-electron chi connectivity index (χ4n) is 2.78. The number of carbonyl (C=O) groups excluding carboxylic acids is 1. The standard InChI is InChI=1S/C16H25N3O2/c1-18(2)12-14-6-4-9-19(14)16(20)8-10-21-15-7-3-5-13(17)11-15/h3,5,7,11,14H,4,6,8-10,12,17H2,1-2H3. The number of nitrogens with zero attached hydrogens (tertiary/aromatic N) is 2. The van der Waals surface area contributed by atoms with Gasteiger partial charge in [-0.05, 0) is 39.1 Å². The molecule has 116 valence electrons. The Morgan fingerprint density at radius 2 is 2.29 bits per heavy atom. The zero-order valence-electron chi connectivity index (χ0n) is 12.9. The summed E-state index contributed by atoms with van der Waals surface area (Å²) < 4.78 is 5.60. The molecule has 21 heavy (non-hydrogen) atoms. The van der Waals surface area contributed by atoms with Crippen LogP contribution in [0.25, 0.3) is 0 Å². The lowest BCUT2D eigenvalue weighted by atomic mass is 10.2. The smallest absolute Gasteiger partial charge is 0.226 e. The van der Waals surface area contributed by atoms with Crippen molar-refractivity contribution in [2.24, 2.45) is 0 Å². The summed E-state index contributed by atoms with van der Waals surface area (Å²) >= 11 is 0. The average molecular weight is 291 g/mol. The Kier molecular flexibility index (Phi) is 5.44. The number of carbonyl (C=O) groups is 1. The summed E-state index contributed by atoms with van der Waals surface area (Å²) in [5.41, 5.74) is 6.37. The van der Waals surface area contributed by atoms with Crippen molar-refractivity contribution < 1.29 is 9.53 Å². The van der Waals surface area contributed by atoms with Crippen LogP contribution in [0, 0.1) is 0 Å². The first-order chi connectivity index (χ1) is 10.1. The minimum absolute atomic E-state index is 0.184. The van der Waals surface area contributed by atoms with Crippen molar-refractivity contribution in [3.63, 3.8) is 0 Å². The molecule has 1 saturated heterocycles. The van der Waals surface area contributed by atoms with Crippen LogP contribution < -0.4 is 10.5 Å². The van der Waals surface area contributed by atoms with Crippen LogP contribution in [0.5, 0.6) is 5.75 Å². The van der Waals surface area contributed by atoms with Crippen LogP contribution in [0.1, 0.15) is 19.3 Å². The highest BCUT2D eigenvalue weighted by Gasteiger charge is 2.28. The summed E-state index contributed by atoms with van der Waals surface area (Å²) in [6.07, 6.45) is 2.61. The highest BCUT2D eigenvalue weighted by atomic mass is 16.5. The third kappa shape index (κ3) is 4.63.